The van der Waals surface area contributed by atoms with Crippen LogP contribution in [0, 0.1) is 5.92 Å². The van der Waals surface area contributed by atoms with Crippen LogP contribution in [-0.4, -0.2) is 27.9 Å². The third kappa shape index (κ3) is 4.00. The molecule has 4 nitrogen and oxygen atoms in total. The highest BCUT2D eigenvalue weighted by Gasteiger charge is 2.03. The number of hydrogen-bond acceptors (Lipinski definition) is 3. The summed E-state index contributed by atoms with van der Waals surface area (Å²) in [6, 6.07) is 0. The first kappa shape index (κ1) is 12.2. The van der Waals surface area contributed by atoms with Crippen molar-refractivity contribution in [2.24, 2.45) is 13.0 Å². The van der Waals surface area contributed by atoms with Gasteiger partial charge in [0.05, 0.1) is 0 Å². The summed E-state index contributed by atoms with van der Waals surface area (Å²) in [5.41, 5.74) is 0. The Hall–Kier alpha value is -0.900. The molecule has 15 heavy (non-hydrogen) atoms. The van der Waals surface area contributed by atoms with Crippen molar-refractivity contribution in [2.45, 2.75) is 33.1 Å². The molecule has 1 aromatic heterocycles. The van der Waals surface area contributed by atoms with Gasteiger partial charge in [-0.1, -0.05) is 26.7 Å². The molecule has 4 heteroatoms. The summed E-state index contributed by atoms with van der Waals surface area (Å²) in [6.45, 7) is 6.60. The molecule has 1 aromatic rings. The molecular formula is C11H22N4. The summed E-state index contributed by atoms with van der Waals surface area (Å²) in [5.74, 6) is 1.86. The largest absolute Gasteiger partial charge is 0.321 e. The first-order chi connectivity index (χ1) is 7.27. The van der Waals surface area contributed by atoms with Crippen molar-refractivity contribution < 1.29 is 0 Å². The maximum atomic E-state index is 4.05. The molecule has 0 amide bonds. The van der Waals surface area contributed by atoms with Crippen LogP contribution < -0.4 is 5.32 Å². The van der Waals surface area contributed by atoms with Crippen molar-refractivity contribution in [3.63, 3.8) is 0 Å². The molecule has 1 rings (SSSR count). The lowest BCUT2D eigenvalue weighted by Gasteiger charge is -2.12. The second-order valence-electron chi connectivity index (χ2n) is 3.99. The van der Waals surface area contributed by atoms with Crippen LogP contribution >= 0.6 is 0 Å². The molecule has 1 heterocycles. The molecular weight excluding hydrogens is 188 g/mol. The second-order valence-corrected chi connectivity index (χ2v) is 3.99. The molecule has 86 valence electrons. The van der Waals surface area contributed by atoms with Gasteiger partial charge in [0, 0.05) is 20.0 Å². The summed E-state index contributed by atoms with van der Waals surface area (Å²) in [7, 11) is 1.98. The quantitative estimate of drug-likeness (QED) is 0.691. The van der Waals surface area contributed by atoms with Crippen LogP contribution in [-0.2, 0) is 13.5 Å². The molecule has 0 aliphatic rings. The lowest BCUT2D eigenvalue weighted by Crippen LogP contribution is -2.25. The molecule has 0 radical (unpaired) electrons. The minimum atomic E-state index is 0.810. The van der Waals surface area contributed by atoms with E-state index in [1.165, 1.54) is 12.8 Å². The van der Waals surface area contributed by atoms with Crippen molar-refractivity contribution in [1.29, 1.82) is 0 Å². The average molecular weight is 210 g/mol. The van der Waals surface area contributed by atoms with E-state index in [-0.39, 0.29) is 0 Å². The van der Waals surface area contributed by atoms with E-state index in [2.05, 4.69) is 29.4 Å². The summed E-state index contributed by atoms with van der Waals surface area (Å²) < 4.78 is 1.97. The fraction of sp³-hybridized carbons (Fsp3) is 0.818. The van der Waals surface area contributed by atoms with Crippen LogP contribution in [0.25, 0.3) is 0 Å². The van der Waals surface area contributed by atoms with E-state index in [1.54, 1.807) is 6.33 Å². The summed E-state index contributed by atoms with van der Waals surface area (Å²) in [5, 5.41) is 11.4. The van der Waals surface area contributed by atoms with E-state index >= 15 is 0 Å². The van der Waals surface area contributed by atoms with Crippen LogP contribution in [0.5, 0.6) is 0 Å². The van der Waals surface area contributed by atoms with Crippen molar-refractivity contribution >= 4 is 0 Å². The number of nitrogens with one attached hydrogen (secondary N) is 1. The Morgan fingerprint density at radius 3 is 2.67 bits per heavy atom. The highest BCUT2D eigenvalue weighted by atomic mass is 15.2. The van der Waals surface area contributed by atoms with Gasteiger partial charge in [0.25, 0.3) is 0 Å². The van der Waals surface area contributed by atoms with Crippen LogP contribution in [0.15, 0.2) is 6.33 Å². The van der Waals surface area contributed by atoms with Gasteiger partial charge in [0.2, 0.25) is 0 Å². The standard InChI is InChI=1S/C11H22N4/c1-4-10(5-2)8-12-7-6-11-14-13-9-15(11)3/h9-10,12H,4-8H2,1-3H3. The van der Waals surface area contributed by atoms with Gasteiger partial charge in [-0.15, -0.1) is 10.2 Å². The van der Waals surface area contributed by atoms with Crippen LogP contribution in [0.2, 0.25) is 0 Å². The van der Waals surface area contributed by atoms with Crippen molar-refractivity contribution in [2.75, 3.05) is 13.1 Å². The van der Waals surface area contributed by atoms with E-state index in [0.717, 1.165) is 31.3 Å². The molecule has 0 aliphatic carbocycles. The molecule has 0 saturated carbocycles. The van der Waals surface area contributed by atoms with Gasteiger partial charge in [-0.3, -0.25) is 0 Å². The Morgan fingerprint density at radius 2 is 2.13 bits per heavy atom. The monoisotopic (exact) mass is 210 g/mol. The zero-order valence-electron chi connectivity index (χ0n) is 10.0. The number of hydrogen-bond donors (Lipinski definition) is 1. The van der Waals surface area contributed by atoms with Gasteiger partial charge in [-0.05, 0) is 12.5 Å². The Kier molecular flexibility index (Phi) is 5.32. The van der Waals surface area contributed by atoms with Crippen LogP contribution in [0.3, 0.4) is 0 Å². The van der Waals surface area contributed by atoms with Gasteiger partial charge >= 0.3 is 0 Å². The number of rotatable bonds is 7. The van der Waals surface area contributed by atoms with E-state index < -0.39 is 0 Å². The molecule has 0 bridgehead atoms. The minimum Gasteiger partial charge on any atom is -0.321 e. The molecule has 0 unspecified atom stereocenters. The zero-order valence-corrected chi connectivity index (χ0v) is 10.0. The fourth-order valence-electron chi connectivity index (χ4n) is 1.62. The maximum absolute atomic E-state index is 4.05. The van der Waals surface area contributed by atoms with Crippen molar-refractivity contribution in [3.8, 4) is 0 Å². The normalized spacial score (nSPS) is 11.2. The zero-order chi connectivity index (χ0) is 11.1. The van der Waals surface area contributed by atoms with E-state index in [1.807, 2.05) is 11.6 Å². The molecule has 1 N–H and O–H groups in total. The summed E-state index contributed by atoms with van der Waals surface area (Å²) in [6.07, 6.45) is 5.22. The number of aromatic nitrogens is 3. The molecule has 0 aromatic carbocycles. The Balaban J connectivity index is 2.14. The van der Waals surface area contributed by atoms with Crippen molar-refractivity contribution in [3.05, 3.63) is 12.2 Å². The Morgan fingerprint density at radius 1 is 1.40 bits per heavy atom. The fourth-order valence-corrected chi connectivity index (χ4v) is 1.62. The second kappa shape index (κ2) is 6.56. The maximum Gasteiger partial charge on any atom is 0.133 e. The average Bonchev–Trinajstić information content (AvgIpc) is 2.65. The lowest BCUT2D eigenvalue weighted by molar-refractivity contribution is 0.450. The molecule has 0 saturated heterocycles. The SMILES string of the molecule is CCC(CC)CNCCc1nncn1C. The highest BCUT2D eigenvalue weighted by molar-refractivity contribution is 4.84. The summed E-state index contributed by atoms with van der Waals surface area (Å²) in [4.78, 5) is 0. The van der Waals surface area contributed by atoms with Gasteiger partial charge in [0.15, 0.2) is 0 Å². The third-order valence-electron chi connectivity index (χ3n) is 2.92. The lowest BCUT2D eigenvalue weighted by atomic mass is 10.0. The van der Waals surface area contributed by atoms with E-state index in [0.29, 0.717) is 0 Å². The van der Waals surface area contributed by atoms with Gasteiger partial charge in [-0.25, -0.2) is 0 Å². The first-order valence-corrected chi connectivity index (χ1v) is 5.81. The predicted octanol–water partition coefficient (Wildman–Crippen LogP) is 1.38. The van der Waals surface area contributed by atoms with Crippen LogP contribution in [0.4, 0.5) is 0 Å². The molecule has 0 fully saturated rings. The smallest absolute Gasteiger partial charge is 0.133 e. The topological polar surface area (TPSA) is 42.7 Å². The van der Waals surface area contributed by atoms with E-state index in [4.69, 9.17) is 0 Å². The van der Waals surface area contributed by atoms with Gasteiger partial charge < -0.3 is 9.88 Å². The minimum absolute atomic E-state index is 0.810. The third-order valence-corrected chi connectivity index (χ3v) is 2.92. The van der Waals surface area contributed by atoms with Gasteiger partial charge in [-0.2, -0.15) is 0 Å². The van der Waals surface area contributed by atoms with E-state index in [9.17, 15) is 0 Å². The molecule has 0 spiro atoms. The predicted molar refractivity (Wildman–Crippen MR) is 61.6 cm³/mol. The number of aryl methyl sites for hydroxylation is 1. The Bertz CT molecular complexity index is 265. The number of nitrogens with zero attached hydrogens (tertiary/aromatic N) is 3. The summed E-state index contributed by atoms with van der Waals surface area (Å²) >= 11 is 0. The molecule has 0 aliphatic heterocycles. The highest BCUT2D eigenvalue weighted by Crippen LogP contribution is 2.04. The Labute approximate surface area is 92.1 Å². The van der Waals surface area contributed by atoms with Crippen molar-refractivity contribution in [1.82, 2.24) is 20.1 Å². The molecule has 0 atom stereocenters. The van der Waals surface area contributed by atoms with Crippen LogP contribution in [0.1, 0.15) is 32.5 Å². The first-order valence-electron chi connectivity index (χ1n) is 5.81. The van der Waals surface area contributed by atoms with Gasteiger partial charge in [0.1, 0.15) is 12.2 Å².